The molecule has 0 amide bonds. The summed E-state index contributed by atoms with van der Waals surface area (Å²) in [6.07, 6.45) is -6.41. The summed E-state index contributed by atoms with van der Waals surface area (Å²) in [4.78, 5) is 0. The zero-order chi connectivity index (χ0) is 17.1. The molecule has 3 saturated carbocycles. The third kappa shape index (κ3) is 1.57. The first-order chi connectivity index (χ1) is 11.2. The molecule has 9 heteroatoms. The zero-order valence-electron chi connectivity index (χ0n) is 13.1. The number of rotatable bonds is 3. The topological polar surface area (TPSA) is 138 Å². The number of aliphatic hydroxyl groups excluding tert-OH is 4. The van der Waals surface area contributed by atoms with Crippen molar-refractivity contribution in [1.29, 1.82) is 0 Å². The summed E-state index contributed by atoms with van der Waals surface area (Å²) in [7, 11) is 0. The summed E-state index contributed by atoms with van der Waals surface area (Å²) in [6.45, 7) is 1.33. The predicted octanol–water partition coefficient (Wildman–Crippen LogP) is -2.58. The van der Waals surface area contributed by atoms with Crippen LogP contribution in [0.1, 0.15) is 19.8 Å². The number of hydrogen-bond acceptors (Lipinski definition) is 9. The third-order valence-electron chi connectivity index (χ3n) is 6.72. The molecule has 9 nitrogen and oxygen atoms in total. The first-order valence-corrected chi connectivity index (χ1v) is 8.31. The zero-order valence-corrected chi connectivity index (χ0v) is 13.1. The van der Waals surface area contributed by atoms with Crippen molar-refractivity contribution in [2.45, 2.75) is 73.8 Å². The van der Waals surface area contributed by atoms with Crippen molar-refractivity contribution < 1.29 is 44.5 Å². The number of aliphatic hydroxyl groups is 5. The number of hydrogen-bond donors (Lipinski definition) is 5. The fraction of sp³-hybridized carbons (Fsp3) is 1.00. The van der Waals surface area contributed by atoms with Gasteiger partial charge in [-0.2, -0.15) is 0 Å². The van der Waals surface area contributed by atoms with Gasteiger partial charge in [0.25, 0.3) is 0 Å². The molecule has 136 valence electrons. The molecule has 7 aliphatic rings. The standard InChI is InChI=1S/C15H22O9/c1-13-4-15(20)5-2-14(13,7(5)11(22-13)24-15)23-12-10(19)9(18)8(17)6(3-16)21-12/h5-12,16-20H,2-4H2,1H3/t5-,6+,7?,8+,9-,10+,11+,12-,13-,14+,15+/m0/s1. The van der Waals surface area contributed by atoms with Crippen LogP contribution in [0.5, 0.6) is 0 Å². The van der Waals surface area contributed by atoms with Crippen LogP contribution in [0.4, 0.5) is 0 Å². The summed E-state index contributed by atoms with van der Waals surface area (Å²) in [6, 6.07) is 0. The molecular weight excluding hydrogens is 324 g/mol. The minimum atomic E-state index is -1.49. The van der Waals surface area contributed by atoms with E-state index in [-0.39, 0.29) is 18.3 Å². The lowest BCUT2D eigenvalue weighted by Crippen LogP contribution is -2.75. The smallest absolute Gasteiger partial charge is 0.187 e. The van der Waals surface area contributed by atoms with Gasteiger partial charge in [-0.05, 0) is 13.3 Å². The van der Waals surface area contributed by atoms with Crippen LogP contribution in [0.3, 0.4) is 0 Å². The van der Waals surface area contributed by atoms with Gasteiger partial charge in [-0.1, -0.05) is 0 Å². The average molecular weight is 346 g/mol. The van der Waals surface area contributed by atoms with Gasteiger partial charge in [0.15, 0.2) is 18.4 Å². The molecule has 4 aliphatic heterocycles. The Hall–Kier alpha value is -0.360. The van der Waals surface area contributed by atoms with Crippen LogP contribution in [-0.2, 0) is 18.9 Å². The van der Waals surface area contributed by atoms with E-state index in [1.165, 1.54) is 0 Å². The summed E-state index contributed by atoms with van der Waals surface area (Å²) in [5.41, 5.74) is -1.58. The lowest BCUT2D eigenvalue weighted by molar-refractivity contribution is -0.413. The van der Waals surface area contributed by atoms with Crippen molar-refractivity contribution in [3.8, 4) is 0 Å². The van der Waals surface area contributed by atoms with E-state index in [1.807, 2.05) is 6.92 Å². The highest BCUT2D eigenvalue weighted by atomic mass is 16.8. The normalized spacial score (nSPS) is 66.8. The predicted molar refractivity (Wildman–Crippen MR) is 73.1 cm³/mol. The second kappa shape index (κ2) is 4.48. The van der Waals surface area contributed by atoms with E-state index in [9.17, 15) is 25.5 Å². The maximum atomic E-state index is 10.6. The van der Waals surface area contributed by atoms with Crippen LogP contribution in [0.2, 0.25) is 0 Å². The summed E-state index contributed by atoms with van der Waals surface area (Å²) >= 11 is 0. The monoisotopic (exact) mass is 346 g/mol. The Morgan fingerprint density at radius 1 is 1.12 bits per heavy atom. The minimum absolute atomic E-state index is 0.0945. The lowest BCUT2D eigenvalue weighted by Gasteiger charge is -2.63. The fourth-order valence-electron chi connectivity index (χ4n) is 5.46. The Morgan fingerprint density at radius 2 is 1.88 bits per heavy atom. The van der Waals surface area contributed by atoms with Gasteiger partial charge in [-0.25, -0.2) is 0 Å². The quantitative estimate of drug-likeness (QED) is 0.373. The van der Waals surface area contributed by atoms with Gasteiger partial charge < -0.3 is 44.5 Å². The van der Waals surface area contributed by atoms with Gasteiger partial charge >= 0.3 is 0 Å². The molecule has 11 atom stereocenters. The molecule has 0 aromatic heterocycles. The first-order valence-electron chi connectivity index (χ1n) is 8.31. The van der Waals surface area contributed by atoms with Crippen LogP contribution in [0, 0.1) is 11.8 Å². The maximum Gasteiger partial charge on any atom is 0.187 e. The van der Waals surface area contributed by atoms with Gasteiger partial charge in [-0.3, -0.25) is 0 Å². The van der Waals surface area contributed by atoms with E-state index in [0.29, 0.717) is 6.42 Å². The minimum Gasteiger partial charge on any atom is -0.394 e. The molecule has 6 bridgehead atoms. The lowest BCUT2D eigenvalue weighted by atomic mass is 9.48. The van der Waals surface area contributed by atoms with Crippen LogP contribution < -0.4 is 0 Å². The molecule has 0 aromatic rings. The van der Waals surface area contributed by atoms with Gasteiger partial charge in [0, 0.05) is 12.3 Å². The summed E-state index contributed by atoms with van der Waals surface area (Å²) in [5, 5.41) is 49.9. The second-order valence-electron chi connectivity index (χ2n) is 7.90. The van der Waals surface area contributed by atoms with Crippen molar-refractivity contribution in [1.82, 2.24) is 0 Å². The Labute approximate surface area is 137 Å². The SMILES string of the molecule is C[C@@]12C[C@@]3(O)O[C@@H](O1)C1[C@@H]3C[C@@]12O[C@@H]1O[C@H](CO)[C@@H](O)[C@H](O)[C@H]1O. The van der Waals surface area contributed by atoms with Crippen molar-refractivity contribution in [2.75, 3.05) is 6.61 Å². The summed E-state index contributed by atoms with van der Waals surface area (Å²) in [5.74, 6) is -1.46. The van der Waals surface area contributed by atoms with Crippen LogP contribution >= 0.6 is 0 Å². The van der Waals surface area contributed by atoms with Crippen LogP contribution in [0.25, 0.3) is 0 Å². The van der Waals surface area contributed by atoms with E-state index in [0.717, 1.165) is 0 Å². The maximum absolute atomic E-state index is 10.6. The van der Waals surface area contributed by atoms with Gasteiger partial charge in [0.2, 0.25) is 0 Å². The Kier molecular flexibility index (Phi) is 2.96. The molecule has 3 aliphatic carbocycles. The van der Waals surface area contributed by atoms with E-state index < -0.39 is 60.6 Å². The molecule has 0 radical (unpaired) electrons. The molecular formula is C15H22O9. The van der Waals surface area contributed by atoms with Gasteiger partial charge in [0.05, 0.1) is 12.5 Å². The third-order valence-corrected chi connectivity index (χ3v) is 6.72. The first kappa shape index (κ1) is 15.9. The molecule has 7 fully saturated rings. The van der Waals surface area contributed by atoms with E-state index >= 15 is 0 Å². The molecule has 7 rings (SSSR count). The molecule has 24 heavy (non-hydrogen) atoms. The average Bonchev–Trinajstić information content (AvgIpc) is 2.72. The van der Waals surface area contributed by atoms with E-state index in [4.69, 9.17) is 18.9 Å². The highest BCUT2D eigenvalue weighted by molar-refractivity contribution is 5.30. The van der Waals surface area contributed by atoms with E-state index in [1.54, 1.807) is 0 Å². The largest absolute Gasteiger partial charge is 0.394 e. The van der Waals surface area contributed by atoms with Crippen molar-refractivity contribution in [3.63, 3.8) is 0 Å². The molecule has 0 aromatic carbocycles. The second-order valence-corrected chi connectivity index (χ2v) is 7.90. The van der Waals surface area contributed by atoms with Crippen molar-refractivity contribution in [2.24, 2.45) is 11.8 Å². The van der Waals surface area contributed by atoms with Gasteiger partial charge in [0.1, 0.15) is 35.6 Å². The fourth-order valence-corrected chi connectivity index (χ4v) is 5.46. The highest BCUT2D eigenvalue weighted by Crippen LogP contribution is 2.75. The molecule has 5 N–H and O–H groups in total. The van der Waals surface area contributed by atoms with Crippen LogP contribution in [0.15, 0.2) is 0 Å². The molecule has 1 unspecified atom stereocenters. The Balaban J connectivity index is 1.43. The molecule has 0 spiro atoms. The molecule has 4 heterocycles. The van der Waals surface area contributed by atoms with Crippen molar-refractivity contribution >= 4 is 0 Å². The van der Waals surface area contributed by atoms with Crippen LogP contribution in [-0.4, -0.2) is 86.1 Å². The van der Waals surface area contributed by atoms with Gasteiger partial charge in [-0.15, -0.1) is 0 Å². The Bertz CT molecular complexity index is 571. The van der Waals surface area contributed by atoms with E-state index in [2.05, 4.69) is 0 Å². The Morgan fingerprint density at radius 3 is 2.54 bits per heavy atom. The summed E-state index contributed by atoms with van der Waals surface area (Å²) < 4.78 is 23.1. The highest BCUT2D eigenvalue weighted by Gasteiger charge is 2.87. The number of ether oxygens (including phenoxy) is 4. The molecule has 4 saturated heterocycles. The van der Waals surface area contributed by atoms with Crippen molar-refractivity contribution in [3.05, 3.63) is 0 Å².